The Kier molecular flexibility index (Phi) is 6.06. The van der Waals surface area contributed by atoms with Crippen molar-refractivity contribution in [3.8, 4) is 0 Å². The first-order valence-electron chi connectivity index (χ1n) is 9.39. The number of benzene rings is 1. The van der Waals surface area contributed by atoms with E-state index in [0.29, 0.717) is 45.3 Å². The lowest BCUT2D eigenvalue weighted by Crippen LogP contribution is -2.54. The SMILES string of the molecule is C=CC(=O)N1CCC(C(=O)NC2CCCN(c3ccc(F)c(F)c3)C2=O)CC1. The number of carbonyl (C=O) groups excluding carboxylic acids is 3. The van der Waals surface area contributed by atoms with Gasteiger partial charge >= 0.3 is 0 Å². The van der Waals surface area contributed by atoms with Gasteiger partial charge in [-0.1, -0.05) is 6.58 Å². The number of carbonyl (C=O) groups is 3. The van der Waals surface area contributed by atoms with E-state index in [1.807, 2.05) is 0 Å². The molecule has 0 saturated carbocycles. The molecule has 8 heteroatoms. The molecular weight excluding hydrogens is 368 g/mol. The second-order valence-corrected chi connectivity index (χ2v) is 7.10. The predicted molar refractivity (Wildman–Crippen MR) is 99.4 cm³/mol. The third kappa shape index (κ3) is 4.21. The predicted octanol–water partition coefficient (Wildman–Crippen LogP) is 2.00. The number of nitrogens with one attached hydrogen (secondary N) is 1. The van der Waals surface area contributed by atoms with E-state index < -0.39 is 17.7 Å². The third-order valence-electron chi connectivity index (χ3n) is 5.32. The molecule has 150 valence electrons. The molecule has 3 rings (SSSR count). The van der Waals surface area contributed by atoms with Gasteiger partial charge in [0.2, 0.25) is 17.7 Å². The first-order chi connectivity index (χ1) is 13.4. The van der Waals surface area contributed by atoms with E-state index in [0.717, 1.165) is 12.1 Å². The summed E-state index contributed by atoms with van der Waals surface area (Å²) in [5, 5.41) is 2.80. The monoisotopic (exact) mass is 391 g/mol. The Hall–Kier alpha value is -2.77. The summed E-state index contributed by atoms with van der Waals surface area (Å²) in [6.45, 7) is 4.80. The number of rotatable bonds is 4. The molecule has 2 saturated heterocycles. The van der Waals surface area contributed by atoms with Gasteiger partial charge in [0, 0.05) is 37.3 Å². The molecule has 0 aromatic heterocycles. The Bertz CT molecular complexity index is 791. The van der Waals surface area contributed by atoms with E-state index in [-0.39, 0.29) is 29.3 Å². The topological polar surface area (TPSA) is 69.7 Å². The van der Waals surface area contributed by atoms with Crippen molar-refractivity contribution in [2.45, 2.75) is 31.7 Å². The average molecular weight is 391 g/mol. The number of hydrogen-bond donors (Lipinski definition) is 1. The summed E-state index contributed by atoms with van der Waals surface area (Å²) in [7, 11) is 0. The molecule has 1 aromatic carbocycles. The lowest BCUT2D eigenvalue weighted by molar-refractivity contribution is -0.134. The molecule has 0 bridgehead atoms. The molecular formula is C20H23F2N3O3. The zero-order valence-corrected chi connectivity index (χ0v) is 15.5. The molecule has 0 radical (unpaired) electrons. The van der Waals surface area contributed by atoms with Crippen LogP contribution < -0.4 is 10.2 Å². The van der Waals surface area contributed by atoms with E-state index in [1.165, 1.54) is 17.0 Å². The van der Waals surface area contributed by atoms with Gasteiger partial charge in [0.05, 0.1) is 0 Å². The number of anilines is 1. The smallest absolute Gasteiger partial charge is 0.249 e. The van der Waals surface area contributed by atoms with Gasteiger partial charge in [0.15, 0.2) is 11.6 Å². The molecule has 1 aromatic rings. The molecule has 28 heavy (non-hydrogen) atoms. The number of nitrogens with zero attached hydrogens (tertiary/aromatic N) is 2. The fraction of sp³-hybridized carbons (Fsp3) is 0.450. The van der Waals surface area contributed by atoms with Crippen LogP contribution in [0.15, 0.2) is 30.9 Å². The molecule has 1 N–H and O–H groups in total. The fourth-order valence-electron chi connectivity index (χ4n) is 3.70. The summed E-state index contributed by atoms with van der Waals surface area (Å²) in [4.78, 5) is 40.0. The number of likely N-dealkylation sites (tertiary alicyclic amines) is 1. The van der Waals surface area contributed by atoms with Crippen molar-refractivity contribution in [3.05, 3.63) is 42.5 Å². The van der Waals surface area contributed by atoms with E-state index in [2.05, 4.69) is 11.9 Å². The highest BCUT2D eigenvalue weighted by molar-refractivity contribution is 6.00. The van der Waals surface area contributed by atoms with Crippen LogP contribution in [0.5, 0.6) is 0 Å². The summed E-state index contributed by atoms with van der Waals surface area (Å²) in [5.41, 5.74) is 0.277. The molecule has 1 atom stereocenters. The molecule has 1 unspecified atom stereocenters. The maximum atomic E-state index is 13.5. The Morgan fingerprint density at radius 1 is 1.11 bits per heavy atom. The number of amides is 3. The molecule has 0 aliphatic carbocycles. The Balaban J connectivity index is 1.60. The van der Waals surface area contributed by atoms with Gasteiger partial charge < -0.3 is 15.1 Å². The van der Waals surface area contributed by atoms with Crippen LogP contribution in [-0.4, -0.2) is 48.3 Å². The standard InChI is InChI=1S/C20H23F2N3O3/c1-2-18(26)24-10-7-13(8-11-24)19(27)23-17-4-3-9-25(20(17)28)14-5-6-15(21)16(22)12-14/h2,5-6,12-13,17H,1,3-4,7-11H2,(H,23,27). The van der Waals surface area contributed by atoms with Gasteiger partial charge in [-0.25, -0.2) is 8.78 Å². The Morgan fingerprint density at radius 2 is 1.82 bits per heavy atom. The van der Waals surface area contributed by atoms with Crippen LogP contribution in [0.2, 0.25) is 0 Å². The fourth-order valence-corrected chi connectivity index (χ4v) is 3.70. The van der Waals surface area contributed by atoms with Crippen LogP contribution in [0.4, 0.5) is 14.5 Å². The summed E-state index contributed by atoms with van der Waals surface area (Å²) in [6, 6.07) is 2.64. The largest absolute Gasteiger partial charge is 0.344 e. The zero-order valence-electron chi connectivity index (χ0n) is 15.5. The minimum absolute atomic E-state index is 0.150. The molecule has 3 amide bonds. The molecule has 2 aliphatic heterocycles. The average Bonchev–Trinajstić information content (AvgIpc) is 2.71. The van der Waals surface area contributed by atoms with Crippen molar-refractivity contribution >= 4 is 23.4 Å². The molecule has 0 spiro atoms. The summed E-state index contributed by atoms with van der Waals surface area (Å²) < 4.78 is 26.7. The number of piperidine rings is 2. The highest BCUT2D eigenvalue weighted by Gasteiger charge is 2.34. The lowest BCUT2D eigenvalue weighted by atomic mass is 9.94. The van der Waals surface area contributed by atoms with Crippen LogP contribution in [0, 0.1) is 17.6 Å². The van der Waals surface area contributed by atoms with Crippen molar-refractivity contribution in [2.24, 2.45) is 5.92 Å². The first kappa shape index (κ1) is 20.0. The second kappa shape index (κ2) is 8.50. The van der Waals surface area contributed by atoms with Crippen LogP contribution in [0.3, 0.4) is 0 Å². The van der Waals surface area contributed by atoms with Gasteiger partial charge in [0.1, 0.15) is 6.04 Å². The molecule has 6 nitrogen and oxygen atoms in total. The lowest BCUT2D eigenvalue weighted by Gasteiger charge is -2.35. The minimum atomic E-state index is -1.02. The molecule has 2 aliphatic rings. The summed E-state index contributed by atoms with van der Waals surface area (Å²) in [6.07, 6.45) is 3.45. The van der Waals surface area contributed by atoms with Crippen LogP contribution in [-0.2, 0) is 14.4 Å². The van der Waals surface area contributed by atoms with Crippen LogP contribution in [0.1, 0.15) is 25.7 Å². The number of hydrogen-bond acceptors (Lipinski definition) is 3. The van der Waals surface area contributed by atoms with Crippen molar-refractivity contribution in [2.75, 3.05) is 24.5 Å². The van der Waals surface area contributed by atoms with Gasteiger partial charge in [-0.3, -0.25) is 14.4 Å². The minimum Gasteiger partial charge on any atom is -0.344 e. The summed E-state index contributed by atoms with van der Waals surface area (Å²) in [5.74, 6) is -2.94. The second-order valence-electron chi connectivity index (χ2n) is 7.10. The van der Waals surface area contributed by atoms with Crippen LogP contribution >= 0.6 is 0 Å². The van der Waals surface area contributed by atoms with E-state index >= 15 is 0 Å². The Morgan fingerprint density at radius 3 is 2.46 bits per heavy atom. The van der Waals surface area contributed by atoms with Gasteiger partial charge in [0.25, 0.3) is 0 Å². The zero-order chi connectivity index (χ0) is 20.3. The first-order valence-corrected chi connectivity index (χ1v) is 9.39. The van der Waals surface area contributed by atoms with Crippen molar-refractivity contribution in [1.82, 2.24) is 10.2 Å². The quantitative estimate of drug-likeness (QED) is 0.799. The van der Waals surface area contributed by atoms with Gasteiger partial charge in [-0.05, 0) is 43.9 Å². The van der Waals surface area contributed by atoms with Crippen molar-refractivity contribution in [3.63, 3.8) is 0 Å². The highest BCUT2D eigenvalue weighted by atomic mass is 19.2. The third-order valence-corrected chi connectivity index (χ3v) is 5.32. The van der Waals surface area contributed by atoms with E-state index in [9.17, 15) is 23.2 Å². The van der Waals surface area contributed by atoms with Gasteiger partial charge in [-0.2, -0.15) is 0 Å². The van der Waals surface area contributed by atoms with Gasteiger partial charge in [-0.15, -0.1) is 0 Å². The summed E-state index contributed by atoms with van der Waals surface area (Å²) >= 11 is 0. The Labute approximate surface area is 162 Å². The van der Waals surface area contributed by atoms with E-state index in [4.69, 9.17) is 0 Å². The normalized spacial score (nSPS) is 20.8. The molecule has 2 fully saturated rings. The highest BCUT2D eigenvalue weighted by Crippen LogP contribution is 2.24. The van der Waals surface area contributed by atoms with Crippen molar-refractivity contribution in [1.29, 1.82) is 0 Å². The van der Waals surface area contributed by atoms with E-state index in [1.54, 1.807) is 4.90 Å². The maximum Gasteiger partial charge on any atom is 0.249 e. The maximum absolute atomic E-state index is 13.5. The number of halogens is 2. The van der Waals surface area contributed by atoms with Crippen molar-refractivity contribution < 1.29 is 23.2 Å². The van der Waals surface area contributed by atoms with Crippen LogP contribution in [0.25, 0.3) is 0 Å². The molecule has 2 heterocycles.